The minimum absolute atomic E-state index is 0.0687. The Hall–Kier alpha value is -5.69. The fraction of sp³-hybridized carbons (Fsp3) is 0.375. The van der Waals surface area contributed by atoms with Crippen LogP contribution in [0.15, 0.2) is 55.1 Å². The number of rotatable bonds is 17. The van der Waals surface area contributed by atoms with Gasteiger partial charge in [0.05, 0.1) is 25.2 Å². The molecule has 2 aromatic carbocycles. The second-order valence-electron chi connectivity index (χ2n) is 13.2. The molecule has 1 aliphatic rings. The van der Waals surface area contributed by atoms with Gasteiger partial charge in [-0.2, -0.15) is 0 Å². The number of benzene rings is 2. The molecular weight excluding hydrogens is 682 g/mol. The minimum Gasteiger partial charge on any atom is -0.463 e. The van der Waals surface area contributed by atoms with Crippen molar-refractivity contribution in [3.63, 3.8) is 0 Å². The molecule has 1 fully saturated rings. The Kier molecular flexibility index (Phi) is 13.8. The molecule has 1 aromatic heterocycles. The molecule has 1 aliphatic carbocycles. The smallest absolute Gasteiger partial charge is 0.463 e. The van der Waals surface area contributed by atoms with Gasteiger partial charge in [0, 0.05) is 36.7 Å². The third-order valence-electron chi connectivity index (χ3n) is 8.05. The summed E-state index contributed by atoms with van der Waals surface area (Å²) in [5, 5.41) is 21.3. The molecule has 0 aliphatic heterocycles. The molecule has 0 saturated heterocycles. The van der Waals surface area contributed by atoms with Crippen molar-refractivity contribution < 1.29 is 48.0 Å². The third kappa shape index (κ3) is 11.4. The van der Waals surface area contributed by atoms with E-state index in [0.29, 0.717) is 34.7 Å². The van der Waals surface area contributed by atoms with Gasteiger partial charge in [0.25, 0.3) is 5.91 Å². The van der Waals surface area contributed by atoms with Crippen molar-refractivity contribution in [2.24, 2.45) is 5.92 Å². The molecule has 1 saturated carbocycles. The highest BCUT2D eigenvalue weighted by molar-refractivity contribution is 6.09. The summed E-state index contributed by atoms with van der Waals surface area (Å²) in [7, 11) is 0. The van der Waals surface area contributed by atoms with E-state index in [2.05, 4.69) is 16.9 Å². The van der Waals surface area contributed by atoms with E-state index in [1.165, 1.54) is 25.1 Å². The van der Waals surface area contributed by atoms with Crippen LogP contribution in [0.1, 0.15) is 107 Å². The lowest BCUT2D eigenvalue weighted by molar-refractivity contribution is -0.145. The van der Waals surface area contributed by atoms with Crippen LogP contribution in [0.25, 0.3) is 17.2 Å². The van der Waals surface area contributed by atoms with E-state index in [9.17, 15) is 29.1 Å². The van der Waals surface area contributed by atoms with Crippen molar-refractivity contribution in [2.45, 2.75) is 85.4 Å². The highest BCUT2D eigenvalue weighted by Crippen LogP contribution is 2.33. The summed E-state index contributed by atoms with van der Waals surface area (Å²) in [6.07, 6.45) is -0.0235. The fourth-order valence-electron chi connectivity index (χ4n) is 5.29. The summed E-state index contributed by atoms with van der Waals surface area (Å²) in [6, 6.07) is 12.6. The van der Waals surface area contributed by atoms with Crippen LogP contribution in [0.3, 0.4) is 0 Å². The lowest BCUT2D eigenvalue weighted by Gasteiger charge is -2.18. The number of hydrogen-bond donors (Lipinski definition) is 3. The molecule has 3 N–H and O–H groups in total. The summed E-state index contributed by atoms with van der Waals surface area (Å²) in [4.78, 5) is 69.3. The van der Waals surface area contributed by atoms with Crippen LogP contribution in [0.5, 0.6) is 0 Å². The predicted octanol–water partition coefficient (Wildman–Crippen LogP) is 6.22. The quantitative estimate of drug-likeness (QED) is 0.0470. The number of Topliss-reactive ketones (excluding diaryl/α,β-unsaturated/α-hetero) is 1. The maximum atomic E-state index is 14.1. The first-order valence-corrected chi connectivity index (χ1v) is 17.4. The van der Waals surface area contributed by atoms with Crippen molar-refractivity contribution in [1.82, 2.24) is 10.3 Å². The largest absolute Gasteiger partial charge is 0.511 e. The lowest BCUT2D eigenvalue weighted by Crippen LogP contribution is -2.28. The number of nitrogens with one attached hydrogen (secondary N) is 2. The molecule has 1 amide bonds. The highest BCUT2D eigenvalue weighted by Gasteiger charge is 2.28. The maximum absolute atomic E-state index is 14.1. The Balaban J connectivity index is 1.70. The molecule has 53 heavy (non-hydrogen) atoms. The van der Waals surface area contributed by atoms with E-state index in [-0.39, 0.29) is 58.5 Å². The summed E-state index contributed by atoms with van der Waals surface area (Å²) in [5.74, 6) is -2.05. The van der Waals surface area contributed by atoms with Crippen LogP contribution in [-0.4, -0.2) is 70.6 Å². The van der Waals surface area contributed by atoms with Gasteiger partial charge in [0.2, 0.25) is 6.29 Å². The van der Waals surface area contributed by atoms with Gasteiger partial charge in [-0.05, 0) is 98.5 Å². The van der Waals surface area contributed by atoms with Crippen LogP contribution in [0.4, 0.5) is 4.79 Å². The van der Waals surface area contributed by atoms with Crippen LogP contribution < -0.4 is 5.32 Å². The number of aliphatic hydroxyl groups excluding tert-OH is 1. The summed E-state index contributed by atoms with van der Waals surface area (Å²) < 4.78 is 20.6. The Morgan fingerprint density at radius 3 is 2.21 bits per heavy atom. The second-order valence-corrected chi connectivity index (χ2v) is 13.2. The van der Waals surface area contributed by atoms with Crippen LogP contribution >= 0.6 is 0 Å². The van der Waals surface area contributed by atoms with Gasteiger partial charge >= 0.3 is 18.1 Å². The van der Waals surface area contributed by atoms with E-state index < -0.39 is 43.0 Å². The molecule has 280 valence electrons. The SMILES string of the molecule is C=Cc1cc(C(=O)Cc2ccc(C(=N)CC(=O)OC(C)C)cc2)c(-c2ccc(C(=O)NCC3CC3)nc2C(=O)OC(C)OC(=O)OC(C)C)cc1CO. The second kappa shape index (κ2) is 18.2. The maximum Gasteiger partial charge on any atom is 0.511 e. The molecule has 1 unspecified atom stereocenters. The van der Waals surface area contributed by atoms with Crippen molar-refractivity contribution in [3.8, 4) is 11.1 Å². The van der Waals surface area contributed by atoms with Gasteiger partial charge in [-0.25, -0.2) is 14.6 Å². The first kappa shape index (κ1) is 40.1. The summed E-state index contributed by atoms with van der Waals surface area (Å²) in [5.41, 5.74) is 2.16. The number of pyridine rings is 1. The number of carbonyl (C=O) groups excluding carboxylic acids is 5. The van der Waals surface area contributed by atoms with Crippen molar-refractivity contribution in [2.75, 3.05) is 6.54 Å². The van der Waals surface area contributed by atoms with E-state index in [1.807, 2.05) is 0 Å². The zero-order chi connectivity index (χ0) is 38.8. The number of esters is 2. The number of ether oxygens (including phenoxy) is 4. The van der Waals surface area contributed by atoms with E-state index >= 15 is 0 Å². The average Bonchev–Trinajstić information content (AvgIpc) is 3.93. The number of amides is 1. The summed E-state index contributed by atoms with van der Waals surface area (Å²) in [6.45, 7) is 11.9. The van der Waals surface area contributed by atoms with Gasteiger partial charge < -0.3 is 34.8 Å². The first-order chi connectivity index (χ1) is 25.2. The number of carbonyl (C=O) groups is 5. The molecule has 0 bridgehead atoms. The van der Waals surface area contributed by atoms with Crippen LogP contribution in [0, 0.1) is 11.3 Å². The number of nitrogens with zero attached hydrogens (tertiary/aromatic N) is 1. The molecule has 13 nitrogen and oxygen atoms in total. The van der Waals surface area contributed by atoms with Gasteiger partial charge in [-0.15, -0.1) is 0 Å². The molecule has 4 rings (SSSR count). The number of aliphatic hydroxyl groups is 1. The molecule has 1 atom stereocenters. The molecule has 3 aromatic rings. The predicted molar refractivity (Wildman–Crippen MR) is 195 cm³/mol. The Bertz CT molecular complexity index is 1880. The van der Waals surface area contributed by atoms with Gasteiger partial charge in [0.1, 0.15) is 5.69 Å². The molecule has 0 spiro atoms. The van der Waals surface area contributed by atoms with E-state index in [0.717, 1.165) is 12.8 Å². The average molecular weight is 728 g/mol. The monoisotopic (exact) mass is 727 g/mol. The Labute approximate surface area is 308 Å². The zero-order valence-corrected chi connectivity index (χ0v) is 30.5. The van der Waals surface area contributed by atoms with E-state index in [1.54, 1.807) is 64.1 Å². The topological polar surface area (TPSA) is 191 Å². The van der Waals surface area contributed by atoms with Crippen molar-refractivity contribution in [3.05, 3.63) is 94.3 Å². The molecule has 0 radical (unpaired) electrons. The number of aromatic nitrogens is 1. The zero-order valence-electron chi connectivity index (χ0n) is 30.5. The van der Waals surface area contributed by atoms with Gasteiger partial charge in [-0.1, -0.05) is 36.9 Å². The Morgan fingerprint density at radius 2 is 1.60 bits per heavy atom. The molecular formula is C40H45N3O10. The molecule has 13 heteroatoms. The molecule has 1 heterocycles. The van der Waals surface area contributed by atoms with Gasteiger partial charge in [0.15, 0.2) is 11.5 Å². The summed E-state index contributed by atoms with van der Waals surface area (Å²) >= 11 is 0. The highest BCUT2D eigenvalue weighted by atomic mass is 16.8. The normalized spacial score (nSPS) is 12.8. The standard InChI is InChI=1S/C40H45N3O10/c1-7-27-17-32(35(45)16-25-10-12-28(13-11-25)33(41)19-36(46)50-22(2)3)31(18-29(27)21-44)30-14-15-34(38(47)42-20-26-8-9-26)43-37(30)39(48)52-24(6)53-40(49)51-23(4)5/h7,10-15,17-18,22-24,26,41,44H,1,8-9,16,19-21H2,2-6H3,(H,42,47). The van der Waals surface area contributed by atoms with Crippen molar-refractivity contribution >= 4 is 41.6 Å². The minimum atomic E-state index is -1.40. The number of ketones is 1. The van der Waals surface area contributed by atoms with E-state index in [4.69, 9.17) is 24.4 Å². The first-order valence-electron chi connectivity index (χ1n) is 17.4. The van der Waals surface area contributed by atoms with Crippen LogP contribution in [0.2, 0.25) is 0 Å². The fourth-order valence-corrected chi connectivity index (χ4v) is 5.29. The van der Waals surface area contributed by atoms with Crippen molar-refractivity contribution in [1.29, 1.82) is 5.41 Å². The van der Waals surface area contributed by atoms with Crippen LogP contribution in [-0.2, 0) is 36.8 Å². The lowest BCUT2D eigenvalue weighted by atomic mass is 9.89. The van der Waals surface area contributed by atoms with Gasteiger partial charge in [-0.3, -0.25) is 14.4 Å². The Morgan fingerprint density at radius 1 is 0.925 bits per heavy atom. The number of hydrogen-bond acceptors (Lipinski definition) is 12. The third-order valence-corrected chi connectivity index (χ3v) is 8.05.